The highest BCUT2D eigenvalue weighted by Gasteiger charge is 2.35. The molecule has 1 aromatic carbocycles. The van der Waals surface area contributed by atoms with Crippen LogP contribution in [-0.2, 0) is 0 Å². The molecule has 1 aliphatic rings. The van der Waals surface area contributed by atoms with E-state index in [0.29, 0.717) is 4.75 Å². The molecule has 0 radical (unpaired) electrons. The zero-order valence-corrected chi connectivity index (χ0v) is 12.8. The standard InChI is InChI=1S/C16H20N2OS/c1-19-14-6-3-5-13-12(14)7-10-17-15(13)18-11-16(20-2)8-4-9-16/h3,5-7,10H,4,8-9,11H2,1-2H3,(H,17,18). The maximum absolute atomic E-state index is 5.42. The average Bonchev–Trinajstić information content (AvgIpc) is 2.46. The van der Waals surface area contributed by atoms with Gasteiger partial charge in [-0.05, 0) is 31.2 Å². The minimum Gasteiger partial charge on any atom is -0.496 e. The number of nitrogens with one attached hydrogen (secondary N) is 1. The van der Waals surface area contributed by atoms with Crippen LogP contribution in [0.15, 0.2) is 30.5 Å². The number of fused-ring (bicyclic) bond motifs is 1. The topological polar surface area (TPSA) is 34.1 Å². The monoisotopic (exact) mass is 288 g/mol. The van der Waals surface area contributed by atoms with Gasteiger partial charge in [-0.15, -0.1) is 0 Å². The van der Waals surface area contributed by atoms with Crippen molar-refractivity contribution in [2.45, 2.75) is 24.0 Å². The summed E-state index contributed by atoms with van der Waals surface area (Å²) < 4.78 is 5.83. The number of nitrogens with zero attached hydrogens (tertiary/aromatic N) is 1. The summed E-state index contributed by atoms with van der Waals surface area (Å²) >= 11 is 1.98. The molecular weight excluding hydrogens is 268 g/mol. The van der Waals surface area contributed by atoms with Crippen molar-refractivity contribution in [2.24, 2.45) is 0 Å². The molecule has 3 nitrogen and oxygen atoms in total. The molecule has 4 heteroatoms. The summed E-state index contributed by atoms with van der Waals surface area (Å²) in [7, 11) is 1.71. The van der Waals surface area contributed by atoms with Gasteiger partial charge in [0.25, 0.3) is 0 Å². The summed E-state index contributed by atoms with van der Waals surface area (Å²) in [6.45, 7) is 0.984. The van der Waals surface area contributed by atoms with E-state index in [1.54, 1.807) is 7.11 Å². The fourth-order valence-corrected chi connectivity index (χ4v) is 3.68. The molecule has 1 fully saturated rings. The minimum absolute atomic E-state index is 0.405. The van der Waals surface area contributed by atoms with E-state index in [9.17, 15) is 0 Å². The lowest BCUT2D eigenvalue weighted by atomic mass is 9.84. The number of aromatic nitrogens is 1. The van der Waals surface area contributed by atoms with Crippen LogP contribution in [0.25, 0.3) is 10.8 Å². The van der Waals surface area contributed by atoms with Gasteiger partial charge in [0.05, 0.1) is 7.11 Å². The first-order chi connectivity index (χ1) is 9.78. The van der Waals surface area contributed by atoms with Crippen LogP contribution >= 0.6 is 11.8 Å². The van der Waals surface area contributed by atoms with Gasteiger partial charge in [-0.25, -0.2) is 4.98 Å². The predicted molar refractivity (Wildman–Crippen MR) is 86.9 cm³/mol. The van der Waals surface area contributed by atoms with Crippen LogP contribution < -0.4 is 10.1 Å². The van der Waals surface area contributed by atoms with E-state index in [-0.39, 0.29) is 0 Å². The van der Waals surface area contributed by atoms with Crippen LogP contribution in [0.4, 0.5) is 5.82 Å². The predicted octanol–water partition coefficient (Wildman–Crippen LogP) is 3.94. The SMILES string of the molecule is COc1cccc2c(NCC3(SC)CCC3)nccc12. The van der Waals surface area contributed by atoms with Crippen molar-refractivity contribution in [3.63, 3.8) is 0 Å². The maximum Gasteiger partial charge on any atom is 0.133 e. The highest BCUT2D eigenvalue weighted by Crippen LogP contribution is 2.43. The van der Waals surface area contributed by atoms with Gasteiger partial charge in [-0.2, -0.15) is 11.8 Å². The Morgan fingerprint density at radius 1 is 1.30 bits per heavy atom. The molecule has 2 aromatic rings. The third-order valence-electron chi connectivity index (χ3n) is 4.26. The van der Waals surface area contributed by atoms with Crippen molar-refractivity contribution in [3.8, 4) is 5.75 Å². The highest BCUT2D eigenvalue weighted by atomic mass is 32.2. The van der Waals surface area contributed by atoms with Crippen molar-refractivity contribution in [1.82, 2.24) is 4.98 Å². The van der Waals surface area contributed by atoms with E-state index in [0.717, 1.165) is 28.9 Å². The zero-order chi connectivity index (χ0) is 14.0. The number of ether oxygens (including phenoxy) is 1. The Morgan fingerprint density at radius 3 is 2.80 bits per heavy atom. The van der Waals surface area contributed by atoms with Gasteiger partial charge in [0.15, 0.2) is 0 Å². The van der Waals surface area contributed by atoms with Crippen LogP contribution in [0.1, 0.15) is 19.3 Å². The Morgan fingerprint density at radius 2 is 2.15 bits per heavy atom. The largest absolute Gasteiger partial charge is 0.496 e. The second kappa shape index (κ2) is 5.52. The lowest BCUT2D eigenvalue weighted by Crippen LogP contribution is -2.40. The molecule has 0 aliphatic heterocycles. The first-order valence-electron chi connectivity index (χ1n) is 6.99. The molecule has 0 atom stereocenters. The summed E-state index contributed by atoms with van der Waals surface area (Å²) in [5, 5.41) is 5.78. The number of pyridine rings is 1. The van der Waals surface area contributed by atoms with Gasteiger partial charge in [0.1, 0.15) is 11.6 Å². The summed E-state index contributed by atoms with van der Waals surface area (Å²) in [4.78, 5) is 4.50. The molecule has 0 spiro atoms. The normalized spacial score (nSPS) is 16.7. The Bertz CT molecular complexity index is 605. The smallest absolute Gasteiger partial charge is 0.133 e. The Kier molecular flexibility index (Phi) is 3.74. The van der Waals surface area contributed by atoms with Crippen molar-refractivity contribution in [1.29, 1.82) is 0 Å². The number of methoxy groups -OCH3 is 1. The van der Waals surface area contributed by atoms with Gasteiger partial charge in [-0.3, -0.25) is 0 Å². The van der Waals surface area contributed by atoms with E-state index in [2.05, 4.69) is 22.6 Å². The van der Waals surface area contributed by atoms with Crippen molar-refractivity contribution >= 4 is 28.4 Å². The molecule has 20 heavy (non-hydrogen) atoms. The summed E-state index contributed by atoms with van der Waals surface area (Å²) in [6.07, 6.45) is 8.00. The van der Waals surface area contributed by atoms with Crippen molar-refractivity contribution in [3.05, 3.63) is 30.5 Å². The molecule has 1 aliphatic carbocycles. The van der Waals surface area contributed by atoms with Crippen LogP contribution in [0.5, 0.6) is 5.75 Å². The second-order valence-corrected chi connectivity index (χ2v) is 6.58. The summed E-state index contributed by atoms with van der Waals surface area (Å²) in [6, 6.07) is 8.11. The number of thioether (sulfide) groups is 1. The lowest BCUT2D eigenvalue weighted by Gasteiger charge is -2.40. The second-order valence-electron chi connectivity index (χ2n) is 5.31. The summed E-state index contributed by atoms with van der Waals surface area (Å²) in [5.74, 6) is 1.86. The first kappa shape index (κ1) is 13.6. The van der Waals surface area contributed by atoms with Crippen LogP contribution in [0.2, 0.25) is 0 Å². The molecule has 1 saturated carbocycles. The van der Waals surface area contributed by atoms with Gasteiger partial charge in [-0.1, -0.05) is 18.6 Å². The molecule has 1 aromatic heterocycles. The molecule has 0 unspecified atom stereocenters. The van der Waals surface area contributed by atoms with Crippen LogP contribution in [0.3, 0.4) is 0 Å². The first-order valence-corrected chi connectivity index (χ1v) is 8.21. The van der Waals surface area contributed by atoms with Crippen molar-refractivity contribution < 1.29 is 4.74 Å². The highest BCUT2D eigenvalue weighted by molar-refractivity contribution is 8.00. The fourth-order valence-electron chi connectivity index (χ4n) is 2.77. The summed E-state index contributed by atoms with van der Waals surface area (Å²) in [5.41, 5.74) is 0. The molecular formula is C16H20N2OS. The van der Waals surface area contributed by atoms with Gasteiger partial charge < -0.3 is 10.1 Å². The van der Waals surface area contributed by atoms with Crippen LogP contribution in [0, 0.1) is 0 Å². The molecule has 1 heterocycles. The molecule has 106 valence electrons. The van der Waals surface area contributed by atoms with Crippen molar-refractivity contribution in [2.75, 3.05) is 25.2 Å². The Balaban J connectivity index is 1.88. The van der Waals surface area contributed by atoms with E-state index >= 15 is 0 Å². The zero-order valence-electron chi connectivity index (χ0n) is 12.0. The molecule has 3 rings (SSSR count). The number of hydrogen-bond donors (Lipinski definition) is 1. The number of anilines is 1. The maximum atomic E-state index is 5.42. The lowest BCUT2D eigenvalue weighted by molar-refractivity contribution is 0.379. The number of rotatable bonds is 5. The van der Waals surface area contributed by atoms with Crippen LogP contribution in [-0.4, -0.2) is 29.6 Å². The molecule has 1 N–H and O–H groups in total. The third-order valence-corrected chi connectivity index (χ3v) is 5.68. The molecule has 0 amide bonds. The quantitative estimate of drug-likeness (QED) is 0.903. The van der Waals surface area contributed by atoms with E-state index in [4.69, 9.17) is 4.74 Å². The molecule has 0 saturated heterocycles. The number of hydrogen-bond acceptors (Lipinski definition) is 4. The van der Waals surface area contributed by atoms with E-state index < -0.39 is 0 Å². The van der Waals surface area contributed by atoms with E-state index in [1.165, 1.54) is 19.3 Å². The Labute approximate surface area is 124 Å². The number of benzene rings is 1. The average molecular weight is 288 g/mol. The third kappa shape index (κ3) is 2.33. The minimum atomic E-state index is 0.405. The van der Waals surface area contributed by atoms with Gasteiger partial charge in [0, 0.05) is 28.3 Å². The Hall–Kier alpha value is -1.42. The van der Waals surface area contributed by atoms with Gasteiger partial charge in [0.2, 0.25) is 0 Å². The van der Waals surface area contributed by atoms with Gasteiger partial charge >= 0.3 is 0 Å². The molecule has 0 bridgehead atoms. The van der Waals surface area contributed by atoms with E-state index in [1.807, 2.05) is 36.2 Å². The fraction of sp³-hybridized carbons (Fsp3) is 0.438.